The standard InChI is InChI=1S/C10H11ClO2/c1-6-4-3-5-8(7(6)2)9(11)10(12)13/h3-5,9H,1-2H3,(H,12,13). The Morgan fingerprint density at radius 3 is 2.62 bits per heavy atom. The molecule has 1 unspecified atom stereocenters. The van der Waals surface area contributed by atoms with Crippen LogP contribution >= 0.6 is 11.6 Å². The summed E-state index contributed by atoms with van der Waals surface area (Å²) in [5.74, 6) is -1.00. The summed E-state index contributed by atoms with van der Waals surface area (Å²) >= 11 is 5.72. The number of carboxylic acid groups (broad SMARTS) is 1. The van der Waals surface area contributed by atoms with Crippen molar-refractivity contribution in [3.63, 3.8) is 0 Å². The van der Waals surface area contributed by atoms with Crippen molar-refractivity contribution < 1.29 is 9.90 Å². The summed E-state index contributed by atoms with van der Waals surface area (Å²) in [5, 5.41) is 7.77. The Bertz CT molecular complexity index is 334. The number of halogens is 1. The van der Waals surface area contributed by atoms with Crippen LogP contribution in [0.1, 0.15) is 22.1 Å². The van der Waals surface area contributed by atoms with E-state index in [4.69, 9.17) is 16.7 Å². The molecule has 0 saturated heterocycles. The lowest BCUT2D eigenvalue weighted by atomic mass is 10.0. The molecule has 70 valence electrons. The SMILES string of the molecule is Cc1cccc(C(Cl)C(=O)O)c1C. The van der Waals surface area contributed by atoms with Gasteiger partial charge in [0, 0.05) is 0 Å². The van der Waals surface area contributed by atoms with Crippen molar-refractivity contribution in [3.8, 4) is 0 Å². The number of hydrogen-bond donors (Lipinski definition) is 1. The molecule has 1 aromatic carbocycles. The first-order valence-electron chi connectivity index (χ1n) is 3.97. The molecule has 1 rings (SSSR count). The summed E-state index contributed by atoms with van der Waals surface area (Å²) in [4.78, 5) is 10.6. The van der Waals surface area contributed by atoms with E-state index in [2.05, 4.69) is 0 Å². The minimum absolute atomic E-state index is 0.675. The molecule has 13 heavy (non-hydrogen) atoms. The molecule has 0 saturated carbocycles. The van der Waals surface area contributed by atoms with Gasteiger partial charge in [-0.1, -0.05) is 18.2 Å². The molecule has 1 atom stereocenters. The Morgan fingerprint density at radius 2 is 2.08 bits per heavy atom. The van der Waals surface area contributed by atoms with Gasteiger partial charge in [-0.15, -0.1) is 11.6 Å². The molecule has 0 aliphatic heterocycles. The monoisotopic (exact) mass is 198 g/mol. The van der Waals surface area contributed by atoms with E-state index in [0.717, 1.165) is 11.1 Å². The Balaban J connectivity index is 3.15. The van der Waals surface area contributed by atoms with Crippen LogP contribution in [0.25, 0.3) is 0 Å². The highest BCUT2D eigenvalue weighted by molar-refractivity contribution is 6.29. The van der Waals surface area contributed by atoms with E-state index in [1.54, 1.807) is 6.07 Å². The summed E-state index contributed by atoms with van der Waals surface area (Å²) in [5.41, 5.74) is 2.68. The molecule has 0 radical (unpaired) electrons. The molecular formula is C10H11ClO2. The minimum Gasteiger partial charge on any atom is -0.480 e. The zero-order chi connectivity index (χ0) is 10.0. The molecule has 1 aromatic rings. The number of aliphatic carboxylic acids is 1. The zero-order valence-corrected chi connectivity index (χ0v) is 8.30. The molecule has 3 heteroatoms. The number of alkyl halides is 1. The summed E-state index contributed by atoms with van der Waals surface area (Å²) in [6, 6.07) is 5.49. The maximum absolute atomic E-state index is 10.6. The second kappa shape index (κ2) is 3.79. The summed E-state index contributed by atoms with van der Waals surface area (Å²) in [6.45, 7) is 3.81. The van der Waals surface area contributed by atoms with Crippen LogP contribution in [0.3, 0.4) is 0 Å². The average molecular weight is 199 g/mol. The predicted octanol–water partition coefficient (Wildman–Crippen LogP) is 2.67. The third-order valence-corrected chi connectivity index (χ3v) is 2.56. The van der Waals surface area contributed by atoms with Crippen LogP contribution in [-0.2, 0) is 4.79 Å². The maximum Gasteiger partial charge on any atom is 0.326 e. The molecule has 0 fully saturated rings. The number of carbonyl (C=O) groups is 1. The number of benzene rings is 1. The lowest BCUT2D eigenvalue weighted by Crippen LogP contribution is -2.07. The van der Waals surface area contributed by atoms with Crippen LogP contribution in [0.2, 0.25) is 0 Å². The van der Waals surface area contributed by atoms with Crippen molar-refractivity contribution in [3.05, 3.63) is 34.9 Å². The third kappa shape index (κ3) is 2.01. The second-order valence-electron chi connectivity index (χ2n) is 2.99. The molecule has 1 N–H and O–H groups in total. The van der Waals surface area contributed by atoms with Crippen molar-refractivity contribution in [1.82, 2.24) is 0 Å². The van der Waals surface area contributed by atoms with E-state index in [1.807, 2.05) is 26.0 Å². The van der Waals surface area contributed by atoms with E-state index in [-0.39, 0.29) is 0 Å². The summed E-state index contributed by atoms with van der Waals surface area (Å²) < 4.78 is 0. The lowest BCUT2D eigenvalue weighted by Gasteiger charge is -2.10. The van der Waals surface area contributed by atoms with Crippen molar-refractivity contribution >= 4 is 17.6 Å². The van der Waals surface area contributed by atoms with Gasteiger partial charge in [0.2, 0.25) is 0 Å². The quantitative estimate of drug-likeness (QED) is 0.742. The van der Waals surface area contributed by atoms with Crippen molar-refractivity contribution in [2.75, 3.05) is 0 Å². The van der Waals surface area contributed by atoms with Crippen LogP contribution in [0.15, 0.2) is 18.2 Å². The molecule has 0 spiro atoms. The fraction of sp³-hybridized carbons (Fsp3) is 0.300. The number of aryl methyl sites for hydroxylation is 1. The van der Waals surface area contributed by atoms with Crippen LogP contribution in [0, 0.1) is 13.8 Å². The molecule has 0 amide bonds. The maximum atomic E-state index is 10.6. The Labute approximate surface area is 82.2 Å². The lowest BCUT2D eigenvalue weighted by molar-refractivity contribution is -0.136. The van der Waals surface area contributed by atoms with Gasteiger partial charge in [-0.2, -0.15) is 0 Å². The van der Waals surface area contributed by atoms with Gasteiger partial charge in [0.15, 0.2) is 5.38 Å². The molecule has 0 aliphatic rings. The second-order valence-corrected chi connectivity index (χ2v) is 3.43. The van der Waals surface area contributed by atoms with Crippen LogP contribution < -0.4 is 0 Å². The van der Waals surface area contributed by atoms with E-state index >= 15 is 0 Å². The fourth-order valence-corrected chi connectivity index (χ4v) is 1.42. The highest BCUT2D eigenvalue weighted by Gasteiger charge is 2.18. The molecule has 0 aliphatic carbocycles. The zero-order valence-electron chi connectivity index (χ0n) is 7.54. The van der Waals surface area contributed by atoms with Gasteiger partial charge in [0.05, 0.1) is 0 Å². The normalized spacial score (nSPS) is 12.5. The highest BCUT2D eigenvalue weighted by Crippen LogP contribution is 2.25. The smallest absolute Gasteiger partial charge is 0.326 e. The van der Waals surface area contributed by atoms with E-state index in [0.29, 0.717) is 5.56 Å². The molecule has 0 aromatic heterocycles. The van der Waals surface area contributed by atoms with Gasteiger partial charge in [-0.25, -0.2) is 0 Å². The largest absolute Gasteiger partial charge is 0.480 e. The topological polar surface area (TPSA) is 37.3 Å². The van der Waals surface area contributed by atoms with Crippen molar-refractivity contribution in [2.45, 2.75) is 19.2 Å². The van der Waals surface area contributed by atoms with E-state index < -0.39 is 11.3 Å². The number of hydrogen-bond acceptors (Lipinski definition) is 1. The van der Waals surface area contributed by atoms with Crippen LogP contribution in [0.4, 0.5) is 0 Å². The number of rotatable bonds is 2. The average Bonchev–Trinajstić information content (AvgIpc) is 2.08. The molecule has 0 heterocycles. The molecular weight excluding hydrogens is 188 g/mol. The highest BCUT2D eigenvalue weighted by atomic mass is 35.5. The van der Waals surface area contributed by atoms with Crippen LogP contribution in [0.5, 0.6) is 0 Å². The fourth-order valence-electron chi connectivity index (χ4n) is 1.18. The molecule has 2 nitrogen and oxygen atoms in total. The van der Waals surface area contributed by atoms with Gasteiger partial charge in [-0.05, 0) is 30.5 Å². The van der Waals surface area contributed by atoms with Gasteiger partial charge < -0.3 is 5.11 Å². The predicted molar refractivity (Wildman–Crippen MR) is 52.1 cm³/mol. The van der Waals surface area contributed by atoms with Crippen molar-refractivity contribution in [2.24, 2.45) is 0 Å². The van der Waals surface area contributed by atoms with E-state index in [1.165, 1.54) is 0 Å². The summed E-state index contributed by atoms with van der Waals surface area (Å²) in [7, 11) is 0. The first-order chi connectivity index (χ1) is 6.04. The van der Waals surface area contributed by atoms with Gasteiger partial charge in [0.25, 0.3) is 0 Å². The first-order valence-corrected chi connectivity index (χ1v) is 4.40. The van der Waals surface area contributed by atoms with Gasteiger partial charge in [0.1, 0.15) is 0 Å². The Hall–Kier alpha value is -1.02. The van der Waals surface area contributed by atoms with Crippen molar-refractivity contribution in [1.29, 1.82) is 0 Å². The van der Waals surface area contributed by atoms with Gasteiger partial charge >= 0.3 is 5.97 Å². The Kier molecular flexibility index (Phi) is 2.94. The minimum atomic E-state index is -1.00. The molecule has 0 bridgehead atoms. The van der Waals surface area contributed by atoms with Crippen LogP contribution in [-0.4, -0.2) is 11.1 Å². The first kappa shape index (κ1) is 10.1. The Morgan fingerprint density at radius 1 is 1.46 bits per heavy atom. The van der Waals surface area contributed by atoms with Gasteiger partial charge in [-0.3, -0.25) is 4.79 Å². The third-order valence-electron chi connectivity index (χ3n) is 2.14. The number of carboxylic acids is 1. The van der Waals surface area contributed by atoms with E-state index in [9.17, 15) is 4.79 Å². The summed E-state index contributed by atoms with van der Waals surface area (Å²) in [6.07, 6.45) is 0.